The van der Waals surface area contributed by atoms with Crippen molar-refractivity contribution in [3.8, 4) is 6.07 Å². The molecule has 5 nitrogen and oxygen atoms in total. The van der Waals surface area contributed by atoms with E-state index < -0.39 is 0 Å². The van der Waals surface area contributed by atoms with Gasteiger partial charge in [0, 0.05) is 5.69 Å². The fraction of sp³-hybridized carbons (Fsp3) is 0.438. The fourth-order valence-electron chi connectivity index (χ4n) is 2.65. The maximum Gasteiger partial charge on any atom is 0.414 e. The molecule has 1 aromatic carbocycles. The molecule has 1 saturated carbocycles. The van der Waals surface area contributed by atoms with E-state index in [9.17, 15) is 10.1 Å². The topological polar surface area (TPSA) is 65.4 Å². The van der Waals surface area contributed by atoms with Gasteiger partial charge in [-0.1, -0.05) is 24.4 Å². The summed E-state index contributed by atoms with van der Waals surface area (Å²) >= 11 is 4.96. The van der Waals surface area contributed by atoms with Crippen LogP contribution in [0.1, 0.15) is 25.3 Å². The molecule has 3 rings (SSSR count). The van der Waals surface area contributed by atoms with Crippen LogP contribution in [0.2, 0.25) is 0 Å². The molecule has 0 radical (unpaired) electrons. The number of cyclic esters (lactones) is 1. The third-order valence-electron chi connectivity index (χ3n) is 4.15. The lowest BCUT2D eigenvalue weighted by Crippen LogP contribution is -2.32. The molecule has 1 heterocycles. The SMILES string of the molecule is CC(=S)NCC1CN(c2ccc(C3(C#N)CC3)cc2)C(=O)O1. The van der Waals surface area contributed by atoms with Crippen molar-refractivity contribution in [3.05, 3.63) is 29.8 Å². The number of ether oxygens (including phenoxy) is 1. The molecule has 1 saturated heterocycles. The van der Waals surface area contributed by atoms with Crippen molar-refractivity contribution in [2.45, 2.75) is 31.3 Å². The lowest BCUT2D eigenvalue weighted by Gasteiger charge is -2.14. The molecule has 0 aromatic heterocycles. The number of rotatable bonds is 4. The number of nitrogens with zero attached hydrogens (tertiary/aromatic N) is 2. The second-order valence-electron chi connectivity index (χ2n) is 5.79. The van der Waals surface area contributed by atoms with Gasteiger partial charge in [-0.2, -0.15) is 5.26 Å². The summed E-state index contributed by atoms with van der Waals surface area (Å²) < 4.78 is 5.32. The van der Waals surface area contributed by atoms with Crippen LogP contribution in [0.15, 0.2) is 24.3 Å². The molecule has 114 valence electrons. The second-order valence-corrected chi connectivity index (χ2v) is 6.41. The quantitative estimate of drug-likeness (QED) is 0.865. The molecule has 1 unspecified atom stereocenters. The molecule has 6 heteroatoms. The number of thiocarbonyl (C=S) groups is 1. The van der Waals surface area contributed by atoms with Crippen molar-refractivity contribution < 1.29 is 9.53 Å². The van der Waals surface area contributed by atoms with Crippen LogP contribution in [-0.2, 0) is 10.2 Å². The highest BCUT2D eigenvalue weighted by Gasteiger charge is 2.44. The Morgan fingerprint density at radius 1 is 1.50 bits per heavy atom. The third kappa shape index (κ3) is 2.77. The van der Waals surface area contributed by atoms with Gasteiger partial charge in [0.2, 0.25) is 0 Å². The van der Waals surface area contributed by atoms with Crippen LogP contribution in [-0.4, -0.2) is 30.3 Å². The zero-order valence-corrected chi connectivity index (χ0v) is 13.2. The number of anilines is 1. The first-order valence-electron chi connectivity index (χ1n) is 7.28. The Kier molecular flexibility index (Phi) is 3.75. The molecule has 1 atom stereocenters. The number of amides is 1. The van der Waals surface area contributed by atoms with Crippen LogP contribution >= 0.6 is 12.2 Å². The largest absolute Gasteiger partial charge is 0.442 e. The molecule has 1 amide bonds. The Bertz CT molecular complexity index is 646. The van der Waals surface area contributed by atoms with Gasteiger partial charge in [-0.25, -0.2) is 4.79 Å². The number of nitriles is 1. The summed E-state index contributed by atoms with van der Waals surface area (Å²) in [7, 11) is 0. The Balaban J connectivity index is 1.68. The second kappa shape index (κ2) is 5.58. The van der Waals surface area contributed by atoms with Gasteiger partial charge in [-0.3, -0.25) is 4.90 Å². The monoisotopic (exact) mass is 315 g/mol. The number of hydrogen-bond donors (Lipinski definition) is 1. The fourth-order valence-corrected chi connectivity index (χ4v) is 2.73. The summed E-state index contributed by atoms with van der Waals surface area (Å²) in [5.74, 6) is 0. The van der Waals surface area contributed by atoms with Gasteiger partial charge >= 0.3 is 6.09 Å². The van der Waals surface area contributed by atoms with Crippen molar-refractivity contribution in [2.24, 2.45) is 0 Å². The van der Waals surface area contributed by atoms with Crippen molar-refractivity contribution >= 4 is 29.0 Å². The van der Waals surface area contributed by atoms with Gasteiger partial charge in [-0.15, -0.1) is 0 Å². The van der Waals surface area contributed by atoms with Crippen molar-refractivity contribution in [1.82, 2.24) is 5.32 Å². The predicted octanol–water partition coefficient (Wildman–Crippen LogP) is 2.50. The van der Waals surface area contributed by atoms with E-state index in [2.05, 4.69) is 11.4 Å². The molecule has 1 aliphatic carbocycles. The highest BCUT2D eigenvalue weighted by molar-refractivity contribution is 7.80. The number of nitrogens with one attached hydrogen (secondary N) is 1. The van der Waals surface area contributed by atoms with E-state index in [0.717, 1.165) is 24.1 Å². The smallest absolute Gasteiger partial charge is 0.414 e. The number of benzene rings is 1. The van der Waals surface area contributed by atoms with Crippen LogP contribution < -0.4 is 10.2 Å². The first-order valence-corrected chi connectivity index (χ1v) is 7.69. The average Bonchev–Trinajstić information content (AvgIpc) is 3.23. The molecule has 0 spiro atoms. The van der Waals surface area contributed by atoms with E-state index in [1.807, 2.05) is 24.3 Å². The Hall–Kier alpha value is -2.13. The summed E-state index contributed by atoms with van der Waals surface area (Å²) in [4.78, 5) is 14.3. The highest BCUT2D eigenvalue weighted by Crippen LogP contribution is 2.47. The van der Waals surface area contributed by atoms with Crippen LogP contribution in [0.5, 0.6) is 0 Å². The molecule has 22 heavy (non-hydrogen) atoms. The summed E-state index contributed by atoms with van der Waals surface area (Å²) in [6.45, 7) is 2.82. The molecular formula is C16H17N3O2S. The Labute approximate surface area is 134 Å². The van der Waals surface area contributed by atoms with E-state index in [1.54, 1.807) is 11.8 Å². The molecule has 1 aliphatic heterocycles. The van der Waals surface area contributed by atoms with E-state index in [1.165, 1.54) is 0 Å². The van der Waals surface area contributed by atoms with Crippen LogP contribution in [0.4, 0.5) is 10.5 Å². The van der Waals surface area contributed by atoms with Gasteiger partial charge in [0.25, 0.3) is 0 Å². The molecular weight excluding hydrogens is 298 g/mol. The van der Waals surface area contributed by atoms with E-state index in [4.69, 9.17) is 17.0 Å². The lowest BCUT2D eigenvalue weighted by atomic mass is 9.97. The minimum absolute atomic E-state index is 0.209. The number of carbonyl (C=O) groups excluding carboxylic acids is 1. The molecule has 2 aliphatic rings. The number of hydrogen-bond acceptors (Lipinski definition) is 4. The maximum atomic E-state index is 12.0. The van der Waals surface area contributed by atoms with Crippen molar-refractivity contribution in [2.75, 3.05) is 18.0 Å². The van der Waals surface area contributed by atoms with Crippen molar-refractivity contribution in [3.63, 3.8) is 0 Å². The molecule has 0 bridgehead atoms. The average molecular weight is 315 g/mol. The van der Waals surface area contributed by atoms with Gasteiger partial charge in [0.15, 0.2) is 0 Å². The predicted molar refractivity (Wildman–Crippen MR) is 86.9 cm³/mol. The summed E-state index contributed by atoms with van der Waals surface area (Å²) in [5, 5.41) is 12.2. The summed E-state index contributed by atoms with van der Waals surface area (Å²) in [6.07, 6.45) is 1.28. The minimum Gasteiger partial charge on any atom is -0.442 e. The lowest BCUT2D eigenvalue weighted by molar-refractivity contribution is 0.143. The van der Waals surface area contributed by atoms with E-state index in [-0.39, 0.29) is 17.6 Å². The first-order chi connectivity index (χ1) is 10.5. The highest BCUT2D eigenvalue weighted by atomic mass is 32.1. The van der Waals surface area contributed by atoms with E-state index in [0.29, 0.717) is 18.1 Å². The zero-order valence-electron chi connectivity index (χ0n) is 12.3. The van der Waals surface area contributed by atoms with Crippen LogP contribution in [0.3, 0.4) is 0 Å². The zero-order chi connectivity index (χ0) is 15.7. The minimum atomic E-state index is -0.344. The third-order valence-corrected chi connectivity index (χ3v) is 4.29. The Morgan fingerprint density at radius 2 is 2.18 bits per heavy atom. The number of carbonyl (C=O) groups is 1. The normalized spacial score (nSPS) is 21.9. The molecule has 1 N–H and O–H groups in total. The maximum absolute atomic E-state index is 12.0. The first kappa shape index (κ1) is 14.8. The van der Waals surface area contributed by atoms with Crippen molar-refractivity contribution in [1.29, 1.82) is 5.26 Å². The molecule has 2 fully saturated rings. The van der Waals surface area contributed by atoms with Gasteiger partial charge in [0.05, 0.1) is 29.6 Å². The molecule has 1 aromatic rings. The summed E-state index contributed by atoms with van der Waals surface area (Å²) in [6, 6.07) is 10.0. The van der Waals surface area contributed by atoms with Crippen LogP contribution in [0, 0.1) is 11.3 Å². The summed E-state index contributed by atoms with van der Waals surface area (Å²) in [5.41, 5.74) is 1.53. The van der Waals surface area contributed by atoms with Gasteiger partial charge in [-0.05, 0) is 37.5 Å². The van der Waals surface area contributed by atoms with E-state index >= 15 is 0 Å². The van der Waals surface area contributed by atoms with Gasteiger partial charge < -0.3 is 10.1 Å². The van der Waals surface area contributed by atoms with Crippen LogP contribution in [0.25, 0.3) is 0 Å². The Morgan fingerprint density at radius 3 is 2.73 bits per heavy atom. The standard InChI is InChI=1S/C16H17N3O2S/c1-11(22)18-8-14-9-19(15(20)21-14)13-4-2-12(3-5-13)16(10-17)6-7-16/h2-5,14H,6-9H2,1H3,(H,18,22). The van der Waals surface area contributed by atoms with Gasteiger partial charge in [0.1, 0.15) is 6.10 Å².